The van der Waals surface area contributed by atoms with Gasteiger partial charge in [-0.25, -0.2) is 4.79 Å². The molecular weight excluding hydrogens is 338 g/mol. The van der Waals surface area contributed by atoms with Gasteiger partial charge in [0.1, 0.15) is 0 Å². The number of nitrogens with one attached hydrogen (secondary N) is 2. The number of hydrogen-bond donors (Lipinski definition) is 2. The number of rotatable bonds is 8. The Kier molecular flexibility index (Phi) is 8.76. The summed E-state index contributed by atoms with van der Waals surface area (Å²) in [6, 6.07) is 4.91. The van der Waals surface area contributed by atoms with Gasteiger partial charge >= 0.3 is 6.03 Å². The summed E-state index contributed by atoms with van der Waals surface area (Å²) in [5, 5.41) is 5.94. The maximum atomic E-state index is 12.6. The Hall–Kier alpha value is -1.75. The molecule has 0 aromatic heterocycles. The van der Waals surface area contributed by atoms with E-state index in [9.17, 15) is 9.59 Å². The lowest BCUT2D eigenvalue weighted by atomic mass is 10.1. The Labute approximate surface area is 156 Å². The summed E-state index contributed by atoms with van der Waals surface area (Å²) in [5.41, 5.74) is 1.15. The van der Waals surface area contributed by atoms with Gasteiger partial charge in [-0.2, -0.15) is 0 Å². The van der Waals surface area contributed by atoms with E-state index in [1.54, 1.807) is 18.2 Å². The topological polar surface area (TPSA) is 61.4 Å². The number of carbonyl (C=O) groups is 2. The third-order valence-electron chi connectivity index (χ3n) is 3.77. The Morgan fingerprint density at radius 1 is 1.04 bits per heavy atom. The smallest absolute Gasteiger partial charge is 0.321 e. The molecule has 2 N–H and O–H groups in total. The molecular formula is C19H30ClN3O2. The van der Waals surface area contributed by atoms with Crippen molar-refractivity contribution in [2.45, 2.75) is 47.5 Å². The summed E-state index contributed by atoms with van der Waals surface area (Å²) in [5.74, 6) is 0.908. The van der Waals surface area contributed by atoms with E-state index in [1.807, 2.05) is 4.90 Å². The molecule has 0 saturated heterocycles. The zero-order valence-corrected chi connectivity index (χ0v) is 16.6. The molecule has 0 aliphatic carbocycles. The van der Waals surface area contributed by atoms with Crippen LogP contribution in [0, 0.1) is 11.8 Å². The minimum Gasteiger partial charge on any atom is -0.326 e. The Balaban J connectivity index is 2.78. The Morgan fingerprint density at radius 3 is 2.04 bits per heavy atom. The van der Waals surface area contributed by atoms with E-state index in [4.69, 9.17) is 11.6 Å². The van der Waals surface area contributed by atoms with Gasteiger partial charge in [-0.3, -0.25) is 4.79 Å². The van der Waals surface area contributed by atoms with Crippen LogP contribution >= 0.6 is 11.6 Å². The highest BCUT2D eigenvalue weighted by Crippen LogP contribution is 2.26. The van der Waals surface area contributed by atoms with Gasteiger partial charge in [0.15, 0.2) is 0 Å². The molecule has 0 aliphatic rings. The first kappa shape index (κ1) is 21.3. The van der Waals surface area contributed by atoms with Gasteiger partial charge < -0.3 is 15.5 Å². The van der Waals surface area contributed by atoms with Gasteiger partial charge in [-0.05, 0) is 42.9 Å². The van der Waals surface area contributed by atoms with E-state index in [0.29, 0.717) is 28.2 Å². The SMILES string of the molecule is CC(=O)Nc1ccc(NC(=O)N(CCC(C)C)CCC(C)C)c(Cl)c1. The third kappa shape index (κ3) is 8.25. The van der Waals surface area contributed by atoms with Gasteiger partial charge in [-0.1, -0.05) is 39.3 Å². The highest BCUT2D eigenvalue weighted by molar-refractivity contribution is 6.34. The summed E-state index contributed by atoms with van der Waals surface area (Å²) >= 11 is 6.23. The molecule has 1 aromatic rings. The first-order chi connectivity index (χ1) is 11.7. The molecule has 25 heavy (non-hydrogen) atoms. The van der Waals surface area contributed by atoms with E-state index >= 15 is 0 Å². The molecule has 0 unspecified atom stereocenters. The normalized spacial score (nSPS) is 10.9. The van der Waals surface area contributed by atoms with E-state index in [2.05, 4.69) is 38.3 Å². The predicted molar refractivity (Wildman–Crippen MR) is 105 cm³/mol. The Bertz CT molecular complexity index is 576. The van der Waals surface area contributed by atoms with Crippen LogP contribution in [0.25, 0.3) is 0 Å². The molecule has 0 saturated carbocycles. The molecule has 6 heteroatoms. The van der Waals surface area contributed by atoms with Crippen LogP contribution < -0.4 is 10.6 Å². The minimum atomic E-state index is -0.165. The highest BCUT2D eigenvalue weighted by atomic mass is 35.5. The summed E-state index contributed by atoms with van der Waals surface area (Å²) < 4.78 is 0. The fraction of sp³-hybridized carbons (Fsp3) is 0.579. The lowest BCUT2D eigenvalue weighted by Crippen LogP contribution is -2.37. The summed E-state index contributed by atoms with van der Waals surface area (Å²) in [7, 11) is 0. The minimum absolute atomic E-state index is 0.143. The van der Waals surface area contributed by atoms with E-state index < -0.39 is 0 Å². The van der Waals surface area contributed by atoms with Gasteiger partial charge in [0.2, 0.25) is 5.91 Å². The molecule has 0 aliphatic heterocycles. The molecule has 0 bridgehead atoms. The number of carbonyl (C=O) groups excluding carboxylic acids is 2. The predicted octanol–water partition coefficient (Wildman–Crippen LogP) is 5.22. The van der Waals surface area contributed by atoms with Crippen LogP contribution in [0.1, 0.15) is 47.5 Å². The van der Waals surface area contributed by atoms with Crippen LogP contribution in [0.5, 0.6) is 0 Å². The fourth-order valence-electron chi connectivity index (χ4n) is 2.23. The number of benzene rings is 1. The first-order valence-corrected chi connectivity index (χ1v) is 9.20. The molecule has 5 nitrogen and oxygen atoms in total. The second-order valence-electron chi connectivity index (χ2n) is 7.16. The zero-order chi connectivity index (χ0) is 19.0. The number of anilines is 2. The average Bonchev–Trinajstić information content (AvgIpc) is 2.48. The molecule has 0 radical (unpaired) electrons. The molecule has 0 atom stereocenters. The molecule has 1 rings (SSSR count). The molecule has 3 amide bonds. The molecule has 1 aromatic carbocycles. The lowest BCUT2D eigenvalue weighted by molar-refractivity contribution is -0.114. The van der Waals surface area contributed by atoms with Gasteiger partial charge in [0.25, 0.3) is 0 Å². The maximum absolute atomic E-state index is 12.6. The van der Waals surface area contributed by atoms with Crippen LogP contribution in [0.2, 0.25) is 5.02 Å². The summed E-state index contributed by atoms with van der Waals surface area (Å²) in [6.07, 6.45) is 1.92. The van der Waals surface area contributed by atoms with E-state index in [0.717, 1.165) is 25.9 Å². The van der Waals surface area contributed by atoms with Crippen LogP contribution in [0.4, 0.5) is 16.2 Å². The second kappa shape index (κ2) is 10.3. The maximum Gasteiger partial charge on any atom is 0.321 e. The van der Waals surface area contributed by atoms with Crippen molar-refractivity contribution in [2.24, 2.45) is 11.8 Å². The summed E-state index contributed by atoms with van der Waals surface area (Å²) in [4.78, 5) is 25.6. The fourth-order valence-corrected chi connectivity index (χ4v) is 2.46. The quantitative estimate of drug-likeness (QED) is 0.661. The van der Waals surface area contributed by atoms with E-state index in [-0.39, 0.29) is 11.9 Å². The van der Waals surface area contributed by atoms with Crippen molar-refractivity contribution < 1.29 is 9.59 Å². The van der Waals surface area contributed by atoms with Crippen molar-refractivity contribution in [3.05, 3.63) is 23.2 Å². The average molecular weight is 368 g/mol. The third-order valence-corrected chi connectivity index (χ3v) is 4.08. The number of halogens is 1. The Morgan fingerprint density at radius 2 is 1.60 bits per heavy atom. The van der Waals surface area contributed by atoms with Crippen molar-refractivity contribution in [1.82, 2.24) is 4.90 Å². The van der Waals surface area contributed by atoms with Crippen LogP contribution in [0.15, 0.2) is 18.2 Å². The van der Waals surface area contributed by atoms with Crippen molar-refractivity contribution in [3.63, 3.8) is 0 Å². The zero-order valence-electron chi connectivity index (χ0n) is 15.9. The number of urea groups is 1. The largest absolute Gasteiger partial charge is 0.326 e. The summed E-state index contributed by atoms with van der Waals surface area (Å²) in [6.45, 7) is 11.5. The number of amides is 3. The van der Waals surface area contributed by atoms with Crippen molar-refractivity contribution >= 4 is 34.9 Å². The van der Waals surface area contributed by atoms with Gasteiger partial charge in [-0.15, -0.1) is 0 Å². The van der Waals surface area contributed by atoms with Gasteiger partial charge in [0, 0.05) is 25.7 Å². The van der Waals surface area contributed by atoms with Crippen molar-refractivity contribution in [3.8, 4) is 0 Å². The molecule has 0 fully saturated rings. The second-order valence-corrected chi connectivity index (χ2v) is 7.57. The first-order valence-electron chi connectivity index (χ1n) is 8.82. The van der Waals surface area contributed by atoms with Crippen molar-refractivity contribution in [1.29, 1.82) is 0 Å². The van der Waals surface area contributed by atoms with Crippen LogP contribution in [0.3, 0.4) is 0 Å². The molecule has 0 spiro atoms. The van der Waals surface area contributed by atoms with Crippen LogP contribution in [-0.4, -0.2) is 29.9 Å². The molecule has 0 heterocycles. The highest BCUT2D eigenvalue weighted by Gasteiger charge is 2.16. The lowest BCUT2D eigenvalue weighted by Gasteiger charge is -2.25. The standard InChI is InChI=1S/C19H30ClN3O2/c1-13(2)8-10-23(11-9-14(3)4)19(25)22-18-7-6-16(12-17(18)20)21-15(5)24/h6-7,12-14H,8-11H2,1-5H3,(H,21,24)(H,22,25). The number of nitrogens with zero attached hydrogens (tertiary/aromatic N) is 1. The van der Waals surface area contributed by atoms with Crippen molar-refractivity contribution in [2.75, 3.05) is 23.7 Å². The molecule has 140 valence electrons. The monoisotopic (exact) mass is 367 g/mol. The van der Waals surface area contributed by atoms with E-state index in [1.165, 1.54) is 6.92 Å². The number of hydrogen-bond acceptors (Lipinski definition) is 2. The van der Waals surface area contributed by atoms with Crippen LogP contribution in [-0.2, 0) is 4.79 Å². The van der Waals surface area contributed by atoms with Gasteiger partial charge in [0.05, 0.1) is 10.7 Å².